The average Bonchev–Trinajstić information content (AvgIpc) is 2.42. The van der Waals surface area contributed by atoms with Crippen LogP contribution in [0.5, 0.6) is 0 Å². The van der Waals surface area contributed by atoms with E-state index >= 15 is 0 Å². The Morgan fingerprint density at radius 3 is 1.77 bits per heavy atom. The second-order valence-electron chi connectivity index (χ2n) is 5.36. The molecule has 0 aliphatic carbocycles. The zero-order chi connectivity index (χ0) is 17.4. The first-order valence-corrected chi connectivity index (χ1v) is 6.83. The molecule has 0 aromatic heterocycles. The lowest BCUT2D eigenvalue weighted by Gasteiger charge is -2.26. The van der Waals surface area contributed by atoms with E-state index in [9.17, 15) is 24.3 Å². The molecule has 0 aliphatic heterocycles. The first-order valence-electron chi connectivity index (χ1n) is 6.83. The minimum atomic E-state index is -1.43. The van der Waals surface area contributed by atoms with Crippen molar-refractivity contribution in [1.82, 2.24) is 5.32 Å². The Kier molecular flexibility index (Phi) is 8.14. The van der Waals surface area contributed by atoms with E-state index in [1.165, 1.54) is 6.92 Å². The molecule has 8 heteroatoms. The van der Waals surface area contributed by atoms with Crippen LogP contribution in [0.2, 0.25) is 0 Å². The highest BCUT2D eigenvalue weighted by atomic mass is 16.5. The molecule has 0 unspecified atom stereocenters. The highest BCUT2D eigenvalue weighted by Gasteiger charge is 2.41. The van der Waals surface area contributed by atoms with E-state index < -0.39 is 41.7 Å². The van der Waals surface area contributed by atoms with Gasteiger partial charge in [-0.2, -0.15) is 0 Å². The van der Waals surface area contributed by atoms with E-state index in [1.807, 2.05) is 13.8 Å². The standard InChI is InChI=1S/C14H23NO7/c1-7(2)6-9(16)15-11(12(17)18)8(3)10(13(19)21-4)14(20)22-5/h7-8,10-11H,6H2,1-5H3,(H,15,16)(H,17,18)/t8-,11-/m1/s1. The molecule has 0 rings (SSSR count). The molecule has 0 bridgehead atoms. The lowest BCUT2D eigenvalue weighted by atomic mass is 9.87. The molecular formula is C14H23NO7. The van der Waals surface area contributed by atoms with Crippen LogP contribution < -0.4 is 5.32 Å². The highest BCUT2D eigenvalue weighted by Crippen LogP contribution is 2.20. The first-order chi connectivity index (χ1) is 10.1. The molecule has 1 amide bonds. The van der Waals surface area contributed by atoms with Gasteiger partial charge >= 0.3 is 17.9 Å². The molecular weight excluding hydrogens is 294 g/mol. The molecule has 22 heavy (non-hydrogen) atoms. The molecule has 0 fully saturated rings. The van der Waals surface area contributed by atoms with E-state index in [0.29, 0.717) is 0 Å². The number of hydrogen-bond donors (Lipinski definition) is 2. The maximum absolute atomic E-state index is 11.8. The maximum atomic E-state index is 11.8. The van der Waals surface area contributed by atoms with Gasteiger partial charge in [0.2, 0.25) is 5.91 Å². The summed E-state index contributed by atoms with van der Waals surface area (Å²) in [5.74, 6) is -6.07. The summed E-state index contributed by atoms with van der Waals surface area (Å²) < 4.78 is 9.02. The van der Waals surface area contributed by atoms with Crippen LogP contribution in [0.15, 0.2) is 0 Å². The van der Waals surface area contributed by atoms with E-state index in [2.05, 4.69) is 14.8 Å². The van der Waals surface area contributed by atoms with Gasteiger partial charge in [0.25, 0.3) is 0 Å². The molecule has 0 aromatic rings. The molecule has 0 radical (unpaired) electrons. The molecule has 0 aliphatic rings. The smallest absolute Gasteiger partial charge is 0.326 e. The van der Waals surface area contributed by atoms with Gasteiger partial charge in [0.05, 0.1) is 14.2 Å². The van der Waals surface area contributed by atoms with Crippen molar-refractivity contribution in [2.75, 3.05) is 14.2 Å². The topological polar surface area (TPSA) is 119 Å². The molecule has 2 atom stereocenters. The monoisotopic (exact) mass is 317 g/mol. The number of aliphatic carboxylic acids is 1. The Balaban J connectivity index is 5.28. The summed E-state index contributed by atoms with van der Waals surface area (Å²) in [5.41, 5.74) is 0. The van der Waals surface area contributed by atoms with Gasteiger partial charge in [0, 0.05) is 12.3 Å². The number of carboxylic acid groups (broad SMARTS) is 1. The third kappa shape index (κ3) is 5.71. The van der Waals surface area contributed by atoms with Crippen molar-refractivity contribution >= 4 is 23.8 Å². The van der Waals surface area contributed by atoms with Gasteiger partial charge in [-0.1, -0.05) is 20.8 Å². The maximum Gasteiger partial charge on any atom is 0.326 e. The largest absolute Gasteiger partial charge is 0.480 e. The number of esters is 2. The summed E-state index contributed by atoms with van der Waals surface area (Å²) in [7, 11) is 2.16. The quantitative estimate of drug-likeness (QED) is 0.485. The van der Waals surface area contributed by atoms with Gasteiger partial charge in [0.1, 0.15) is 6.04 Å². The molecule has 0 aromatic carbocycles. The minimum absolute atomic E-state index is 0.0433. The van der Waals surface area contributed by atoms with E-state index in [1.54, 1.807) is 0 Å². The number of nitrogens with one attached hydrogen (secondary N) is 1. The predicted molar refractivity (Wildman–Crippen MR) is 75.7 cm³/mol. The molecule has 0 saturated heterocycles. The molecule has 2 N–H and O–H groups in total. The first kappa shape index (κ1) is 19.9. The van der Waals surface area contributed by atoms with Gasteiger partial charge < -0.3 is 19.9 Å². The second-order valence-corrected chi connectivity index (χ2v) is 5.36. The minimum Gasteiger partial charge on any atom is -0.480 e. The number of carboxylic acids is 1. The summed E-state index contributed by atoms with van der Waals surface area (Å²) in [4.78, 5) is 46.6. The zero-order valence-corrected chi connectivity index (χ0v) is 13.4. The molecule has 0 heterocycles. The van der Waals surface area contributed by atoms with Crippen LogP contribution in [0.1, 0.15) is 27.2 Å². The molecule has 0 spiro atoms. The average molecular weight is 317 g/mol. The summed E-state index contributed by atoms with van der Waals surface area (Å²) in [6.07, 6.45) is 0.137. The van der Waals surface area contributed by atoms with Gasteiger partial charge in [-0.25, -0.2) is 4.79 Å². The van der Waals surface area contributed by atoms with Crippen LogP contribution in [-0.2, 0) is 28.7 Å². The molecule has 126 valence electrons. The summed E-state index contributed by atoms with van der Waals surface area (Å²) >= 11 is 0. The SMILES string of the molecule is COC(=O)C(C(=O)OC)[C@@H](C)[C@@H](NC(=O)CC(C)C)C(=O)O. The zero-order valence-electron chi connectivity index (χ0n) is 13.4. The number of carbonyl (C=O) groups excluding carboxylic acids is 3. The van der Waals surface area contributed by atoms with E-state index in [0.717, 1.165) is 14.2 Å². The normalized spacial score (nSPS) is 13.4. The molecule has 0 saturated carbocycles. The van der Waals surface area contributed by atoms with Gasteiger partial charge in [-0.15, -0.1) is 0 Å². The van der Waals surface area contributed by atoms with Gasteiger partial charge in [0.15, 0.2) is 5.92 Å². The fourth-order valence-corrected chi connectivity index (χ4v) is 1.99. The van der Waals surface area contributed by atoms with Crippen LogP contribution in [0.4, 0.5) is 0 Å². The number of rotatable bonds is 8. The van der Waals surface area contributed by atoms with Crippen LogP contribution in [0.3, 0.4) is 0 Å². The highest BCUT2D eigenvalue weighted by molar-refractivity contribution is 5.96. The van der Waals surface area contributed by atoms with Crippen molar-refractivity contribution in [3.63, 3.8) is 0 Å². The van der Waals surface area contributed by atoms with Gasteiger partial charge in [-0.05, 0) is 5.92 Å². The Hall–Kier alpha value is -2.12. The lowest BCUT2D eigenvalue weighted by Crippen LogP contribution is -2.50. The number of ether oxygens (including phenoxy) is 2. The van der Waals surface area contributed by atoms with Crippen LogP contribution >= 0.6 is 0 Å². The van der Waals surface area contributed by atoms with Crippen LogP contribution in [0, 0.1) is 17.8 Å². The van der Waals surface area contributed by atoms with Crippen LogP contribution in [0.25, 0.3) is 0 Å². The van der Waals surface area contributed by atoms with Crippen molar-refractivity contribution in [1.29, 1.82) is 0 Å². The second kappa shape index (κ2) is 9.01. The Morgan fingerprint density at radius 1 is 1.00 bits per heavy atom. The molecule has 8 nitrogen and oxygen atoms in total. The third-order valence-corrected chi connectivity index (χ3v) is 3.14. The summed E-state index contributed by atoms with van der Waals surface area (Å²) in [5, 5.41) is 11.6. The van der Waals surface area contributed by atoms with Crippen LogP contribution in [-0.4, -0.2) is 49.2 Å². The van der Waals surface area contributed by atoms with Crippen molar-refractivity contribution in [2.24, 2.45) is 17.8 Å². The predicted octanol–water partition coefficient (Wildman–Crippen LogP) is 0.200. The number of hydrogen-bond acceptors (Lipinski definition) is 6. The van der Waals surface area contributed by atoms with Crippen molar-refractivity contribution in [3.8, 4) is 0 Å². The van der Waals surface area contributed by atoms with E-state index in [4.69, 9.17) is 0 Å². The number of amides is 1. The Morgan fingerprint density at radius 2 is 1.45 bits per heavy atom. The van der Waals surface area contributed by atoms with Crippen molar-refractivity contribution in [3.05, 3.63) is 0 Å². The number of methoxy groups -OCH3 is 2. The van der Waals surface area contributed by atoms with E-state index in [-0.39, 0.29) is 12.3 Å². The fraction of sp³-hybridized carbons (Fsp3) is 0.714. The number of carbonyl (C=O) groups is 4. The van der Waals surface area contributed by atoms with Gasteiger partial charge in [-0.3, -0.25) is 14.4 Å². The third-order valence-electron chi connectivity index (χ3n) is 3.14. The summed E-state index contributed by atoms with van der Waals surface area (Å²) in [6, 6.07) is -1.41. The fourth-order valence-electron chi connectivity index (χ4n) is 1.99. The van der Waals surface area contributed by atoms with Crippen molar-refractivity contribution in [2.45, 2.75) is 33.2 Å². The van der Waals surface area contributed by atoms with Crippen molar-refractivity contribution < 1.29 is 33.8 Å². The lowest BCUT2D eigenvalue weighted by molar-refractivity contribution is -0.163. The Labute approximate surface area is 129 Å². The summed E-state index contributed by atoms with van der Waals surface area (Å²) in [6.45, 7) is 4.99. The Bertz CT molecular complexity index is 417.